The van der Waals surface area contributed by atoms with E-state index in [-0.39, 0.29) is 0 Å². The van der Waals surface area contributed by atoms with Gasteiger partial charge in [0.1, 0.15) is 11.5 Å². The van der Waals surface area contributed by atoms with Gasteiger partial charge in [0.05, 0.1) is 14.2 Å². The Balaban J connectivity index is 2.25. The molecule has 0 spiro atoms. The summed E-state index contributed by atoms with van der Waals surface area (Å²) < 4.78 is 11.5. The van der Waals surface area contributed by atoms with Crippen LogP contribution in [0.1, 0.15) is 22.3 Å². The molecule has 0 aliphatic carbocycles. The fourth-order valence-electron chi connectivity index (χ4n) is 4.04. The first-order chi connectivity index (χ1) is 15.6. The third-order valence-electron chi connectivity index (χ3n) is 5.55. The Morgan fingerprint density at radius 3 is 1.19 bits per heavy atom. The molecule has 0 amide bonds. The predicted octanol–water partition coefficient (Wildman–Crippen LogP) is 5.60. The first-order valence-corrected chi connectivity index (χ1v) is 9.76. The van der Waals surface area contributed by atoms with E-state index >= 15 is 0 Å². The van der Waals surface area contributed by atoms with Gasteiger partial charge in [-0.25, -0.2) is 0 Å². The molecule has 0 bridgehead atoms. The van der Waals surface area contributed by atoms with Crippen molar-refractivity contribution in [3.05, 3.63) is 70.8 Å². The molecular formula is C30H18O2. The highest BCUT2D eigenvalue weighted by atomic mass is 16.5. The molecule has 0 heterocycles. The summed E-state index contributed by atoms with van der Waals surface area (Å²) in [7, 11) is 3.26. The van der Waals surface area contributed by atoms with E-state index in [0.29, 0.717) is 33.8 Å². The minimum absolute atomic E-state index is 0.632. The van der Waals surface area contributed by atoms with Gasteiger partial charge in [-0.05, 0) is 57.9 Å². The van der Waals surface area contributed by atoms with E-state index in [1.54, 1.807) is 14.2 Å². The summed E-state index contributed by atoms with van der Waals surface area (Å²) in [6, 6.07) is 15.4. The third-order valence-corrected chi connectivity index (χ3v) is 5.55. The Hall–Kier alpha value is -4.76. The highest BCUT2D eigenvalue weighted by Crippen LogP contribution is 2.46. The van der Waals surface area contributed by atoms with Gasteiger partial charge in [0.15, 0.2) is 0 Å². The zero-order chi connectivity index (χ0) is 22.8. The van der Waals surface area contributed by atoms with E-state index < -0.39 is 0 Å². The first kappa shape index (κ1) is 20.5. The number of fused-ring (bicyclic) bond motifs is 2. The zero-order valence-corrected chi connectivity index (χ0v) is 17.7. The number of terminal acetylenes is 4. The van der Waals surface area contributed by atoms with Crippen LogP contribution in [-0.4, -0.2) is 14.2 Å². The van der Waals surface area contributed by atoms with E-state index in [2.05, 4.69) is 23.7 Å². The summed E-state index contributed by atoms with van der Waals surface area (Å²) in [6.07, 6.45) is 22.9. The van der Waals surface area contributed by atoms with Gasteiger partial charge in [-0.3, -0.25) is 0 Å². The monoisotopic (exact) mass is 410 g/mol. The summed E-state index contributed by atoms with van der Waals surface area (Å²) in [5, 5.41) is 3.66. The van der Waals surface area contributed by atoms with E-state index in [1.165, 1.54) is 0 Å². The van der Waals surface area contributed by atoms with Gasteiger partial charge in [-0.2, -0.15) is 0 Å². The van der Waals surface area contributed by atoms with Crippen molar-refractivity contribution >= 4 is 21.5 Å². The lowest BCUT2D eigenvalue weighted by Crippen LogP contribution is -1.97. The average molecular weight is 410 g/mol. The van der Waals surface area contributed by atoms with Gasteiger partial charge < -0.3 is 9.47 Å². The number of benzene rings is 4. The highest BCUT2D eigenvalue weighted by Gasteiger charge is 2.20. The first-order valence-electron chi connectivity index (χ1n) is 9.76. The van der Waals surface area contributed by atoms with Crippen molar-refractivity contribution in [1.82, 2.24) is 0 Å². The van der Waals surface area contributed by atoms with Crippen LogP contribution >= 0.6 is 0 Å². The summed E-state index contributed by atoms with van der Waals surface area (Å²) in [5.41, 5.74) is 4.26. The van der Waals surface area contributed by atoms with E-state index in [4.69, 9.17) is 35.2 Å². The molecule has 2 nitrogen and oxygen atoms in total. The number of hydrogen-bond acceptors (Lipinski definition) is 2. The Morgan fingerprint density at radius 2 is 0.875 bits per heavy atom. The van der Waals surface area contributed by atoms with Crippen molar-refractivity contribution < 1.29 is 9.47 Å². The lowest BCUT2D eigenvalue weighted by Gasteiger charge is -2.19. The van der Waals surface area contributed by atoms with Crippen molar-refractivity contribution in [2.24, 2.45) is 0 Å². The van der Waals surface area contributed by atoms with Crippen LogP contribution in [0.15, 0.2) is 48.5 Å². The Kier molecular flexibility index (Phi) is 5.24. The highest BCUT2D eigenvalue weighted by molar-refractivity contribution is 6.10. The van der Waals surface area contributed by atoms with Gasteiger partial charge in [-0.1, -0.05) is 35.8 Å². The third kappa shape index (κ3) is 3.09. The molecule has 0 aliphatic rings. The molecule has 2 heteroatoms. The standard InChI is InChI=1S/C30H18O2/c1-7-19-15-23-11-13-27(31-5)29(25(23)17-21(19)9-3)30-26-18-22(10-4)20(8-2)16-24(26)12-14-28(30)32-6/h1-4,11-18H,5-6H3. The molecule has 32 heavy (non-hydrogen) atoms. The van der Waals surface area contributed by atoms with Crippen LogP contribution in [0, 0.1) is 49.4 Å². The second-order valence-electron chi connectivity index (χ2n) is 7.10. The van der Waals surface area contributed by atoms with Crippen molar-refractivity contribution in [1.29, 1.82) is 0 Å². The predicted molar refractivity (Wildman–Crippen MR) is 132 cm³/mol. The maximum atomic E-state index is 5.77. The van der Waals surface area contributed by atoms with Crippen LogP contribution in [-0.2, 0) is 0 Å². The van der Waals surface area contributed by atoms with E-state index in [1.807, 2.05) is 48.5 Å². The molecule has 0 radical (unpaired) electrons. The van der Waals surface area contributed by atoms with E-state index in [9.17, 15) is 0 Å². The minimum Gasteiger partial charge on any atom is -0.496 e. The van der Waals surface area contributed by atoms with Crippen LogP contribution in [0.25, 0.3) is 32.7 Å². The number of methoxy groups -OCH3 is 2. The van der Waals surface area contributed by atoms with Crippen LogP contribution < -0.4 is 9.47 Å². The van der Waals surface area contributed by atoms with Crippen molar-refractivity contribution in [2.45, 2.75) is 0 Å². The Labute approximate surface area is 188 Å². The molecule has 0 aliphatic heterocycles. The van der Waals surface area contributed by atoms with Crippen molar-refractivity contribution in [3.8, 4) is 72.0 Å². The SMILES string of the molecule is C#Cc1cc2ccc(OC)c(-c3c(OC)ccc4cc(C#C)c(C#C)cc34)c2cc1C#C. The van der Waals surface area contributed by atoms with Gasteiger partial charge in [0, 0.05) is 33.4 Å². The van der Waals surface area contributed by atoms with Crippen LogP contribution in [0.2, 0.25) is 0 Å². The van der Waals surface area contributed by atoms with Crippen molar-refractivity contribution in [3.63, 3.8) is 0 Å². The average Bonchev–Trinajstić information content (AvgIpc) is 2.85. The normalized spacial score (nSPS) is 10.1. The molecular weight excluding hydrogens is 392 g/mol. The summed E-state index contributed by atoms with van der Waals surface area (Å²) in [5.74, 6) is 12.1. The minimum atomic E-state index is 0.632. The lowest BCUT2D eigenvalue weighted by molar-refractivity contribution is 0.411. The molecule has 0 aromatic heterocycles. The number of ether oxygens (including phenoxy) is 2. The summed E-state index contributed by atoms with van der Waals surface area (Å²) in [6.45, 7) is 0. The maximum absolute atomic E-state index is 5.77. The molecule has 0 saturated carbocycles. The fourth-order valence-corrected chi connectivity index (χ4v) is 4.04. The Bertz CT molecular complexity index is 1450. The maximum Gasteiger partial charge on any atom is 0.127 e. The van der Waals surface area contributed by atoms with Gasteiger partial charge >= 0.3 is 0 Å². The molecule has 0 fully saturated rings. The number of hydrogen-bond donors (Lipinski definition) is 0. The Morgan fingerprint density at radius 1 is 0.531 bits per heavy atom. The quantitative estimate of drug-likeness (QED) is 0.409. The largest absolute Gasteiger partial charge is 0.496 e. The molecule has 0 unspecified atom stereocenters. The van der Waals surface area contributed by atoms with Crippen LogP contribution in [0.4, 0.5) is 0 Å². The van der Waals surface area contributed by atoms with Gasteiger partial charge in [0.2, 0.25) is 0 Å². The second-order valence-corrected chi connectivity index (χ2v) is 7.10. The topological polar surface area (TPSA) is 18.5 Å². The lowest BCUT2D eigenvalue weighted by atomic mass is 9.89. The summed E-state index contributed by atoms with van der Waals surface area (Å²) >= 11 is 0. The second kappa shape index (κ2) is 8.17. The molecule has 150 valence electrons. The molecule has 0 saturated heterocycles. The molecule has 0 atom stereocenters. The molecule has 0 N–H and O–H groups in total. The molecule has 4 aromatic carbocycles. The molecule has 4 rings (SSSR count). The van der Waals surface area contributed by atoms with E-state index in [0.717, 1.165) is 32.7 Å². The van der Waals surface area contributed by atoms with Crippen LogP contribution in [0.3, 0.4) is 0 Å². The summed E-state index contributed by atoms with van der Waals surface area (Å²) in [4.78, 5) is 0. The smallest absolute Gasteiger partial charge is 0.127 e. The number of rotatable bonds is 3. The molecule has 4 aromatic rings. The zero-order valence-electron chi connectivity index (χ0n) is 17.7. The fraction of sp³-hybridized carbons (Fsp3) is 0.0667. The van der Waals surface area contributed by atoms with Gasteiger partial charge in [0.25, 0.3) is 0 Å². The van der Waals surface area contributed by atoms with Crippen LogP contribution in [0.5, 0.6) is 11.5 Å². The van der Waals surface area contributed by atoms with Crippen molar-refractivity contribution in [2.75, 3.05) is 14.2 Å². The van der Waals surface area contributed by atoms with Gasteiger partial charge in [-0.15, -0.1) is 25.7 Å².